The van der Waals surface area contributed by atoms with Crippen molar-refractivity contribution in [3.63, 3.8) is 0 Å². The molecule has 144 valence electrons. The lowest BCUT2D eigenvalue weighted by Crippen LogP contribution is -2.13. The average Bonchev–Trinajstić information content (AvgIpc) is 2.70. The van der Waals surface area contributed by atoms with Crippen molar-refractivity contribution in [2.75, 3.05) is 11.9 Å². The maximum absolute atomic E-state index is 12.4. The minimum atomic E-state index is -1.06. The highest BCUT2D eigenvalue weighted by Crippen LogP contribution is 2.16. The molecule has 0 aliphatic heterocycles. The summed E-state index contributed by atoms with van der Waals surface area (Å²) < 4.78 is 5.05. The molecule has 6 heteroatoms. The Kier molecular flexibility index (Phi) is 7.79. The summed E-state index contributed by atoms with van der Waals surface area (Å²) in [5.41, 5.74) is 2.43. The summed E-state index contributed by atoms with van der Waals surface area (Å²) in [6.07, 6.45) is 4.71. The Morgan fingerprint density at radius 2 is 1.82 bits per heavy atom. The van der Waals surface area contributed by atoms with Crippen LogP contribution in [0.5, 0.6) is 5.75 Å². The summed E-state index contributed by atoms with van der Waals surface area (Å²) in [6.45, 7) is 1.71. The van der Waals surface area contributed by atoms with Crippen LogP contribution >= 0.6 is 0 Å². The van der Waals surface area contributed by atoms with E-state index in [1.54, 1.807) is 24.3 Å². The van der Waals surface area contributed by atoms with Gasteiger partial charge in [0.15, 0.2) is 6.61 Å². The fraction of sp³-hybridized carbons (Fsp3) is 0.227. The second-order valence-electron chi connectivity index (χ2n) is 6.18. The van der Waals surface area contributed by atoms with Gasteiger partial charge in [-0.1, -0.05) is 37.6 Å². The van der Waals surface area contributed by atoms with Crippen molar-refractivity contribution < 1.29 is 19.4 Å². The van der Waals surface area contributed by atoms with Gasteiger partial charge in [0.1, 0.15) is 17.4 Å². The highest BCUT2D eigenvalue weighted by molar-refractivity contribution is 6.09. The van der Waals surface area contributed by atoms with E-state index in [9.17, 15) is 14.9 Å². The molecule has 28 heavy (non-hydrogen) atoms. The van der Waals surface area contributed by atoms with E-state index in [1.807, 2.05) is 30.3 Å². The molecule has 0 radical (unpaired) electrons. The Morgan fingerprint density at radius 3 is 2.39 bits per heavy atom. The van der Waals surface area contributed by atoms with Gasteiger partial charge in [0, 0.05) is 5.69 Å². The molecule has 0 atom stereocenters. The molecule has 0 fully saturated rings. The third-order valence-corrected chi connectivity index (χ3v) is 3.95. The Hall–Kier alpha value is -3.59. The van der Waals surface area contributed by atoms with Crippen molar-refractivity contribution in [3.8, 4) is 11.8 Å². The van der Waals surface area contributed by atoms with Crippen LogP contribution in [0.1, 0.15) is 30.9 Å². The molecule has 0 unspecified atom stereocenters. The lowest BCUT2D eigenvalue weighted by Gasteiger charge is -2.06. The molecule has 0 heterocycles. The number of benzene rings is 2. The topological polar surface area (TPSA) is 99.4 Å². The largest absolute Gasteiger partial charge is 0.482 e. The first-order valence-corrected chi connectivity index (χ1v) is 8.98. The van der Waals surface area contributed by atoms with Crippen LogP contribution in [0.4, 0.5) is 5.69 Å². The maximum Gasteiger partial charge on any atom is 0.341 e. The van der Waals surface area contributed by atoms with E-state index in [4.69, 9.17) is 9.84 Å². The number of unbranched alkanes of at least 4 members (excludes halogenated alkanes) is 1. The summed E-state index contributed by atoms with van der Waals surface area (Å²) in [5, 5.41) is 20.6. The van der Waals surface area contributed by atoms with Crippen molar-refractivity contribution in [2.45, 2.75) is 26.2 Å². The normalized spacial score (nSPS) is 10.8. The molecular weight excluding hydrogens is 356 g/mol. The van der Waals surface area contributed by atoms with Gasteiger partial charge in [-0.2, -0.15) is 5.26 Å². The lowest BCUT2D eigenvalue weighted by molar-refractivity contribution is -0.139. The van der Waals surface area contributed by atoms with Gasteiger partial charge in [-0.05, 0) is 54.3 Å². The van der Waals surface area contributed by atoms with Crippen LogP contribution in [0.3, 0.4) is 0 Å². The Morgan fingerprint density at radius 1 is 1.14 bits per heavy atom. The van der Waals surface area contributed by atoms with Gasteiger partial charge in [-0.25, -0.2) is 4.79 Å². The number of carboxylic acids is 1. The lowest BCUT2D eigenvalue weighted by atomic mass is 10.1. The molecule has 0 saturated carbocycles. The molecule has 1 amide bonds. The van der Waals surface area contributed by atoms with Crippen LogP contribution < -0.4 is 10.1 Å². The second-order valence-corrected chi connectivity index (χ2v) is 6.18. The summed E-state index contributed by atoms with van der Waals surface area (Å²) in [4.78, 5) is 22.9. The van der Waals surface area contributed by atoms with Gasteiger partial charge in [-0.3, -0.25) is 4.79 Å². The Bertz CT molecular complexity index is 878. The Labute approximate surface area is 164 Å². The van der Waals surface area contributed by atoms with E-state index in [0.29, 0.717) is 17.0 Å². The minimum Gasteiger partial charge on any atom is -0.482 e. The molecule has 2 aromatic carbocycles. The van der Waals surface area contributed by atoms with E-state index in [-0.39, 0.29) is 5.57 Å². The molecule has 2 rings (SSSR count). The number of ether oxygens (including phenoxy) is 1. The number of anilines is 1. The molecule has 2 aromatic rings. The highest BCUT2D eigenvalue weighted by Gasteiger charge is 2.10. The molecule has 0 spiro atoms. The fourth-order valence-electron chi connectivity index (χ4n) is 2.45. The number of carboxylic acid groups (broad SMARTS) is 1. The van der Waals surface area contributed by atoms with Gasteiger partial charge >= 0.3 is 5.97 Å². The standard InChI is InChI=1S/C22H22N2O4/c1-2-3-4-16-5-9-19(10-6-16)24-22(27)18(14-23)13-17-7-11-20(12-8-17)28-15-21(25)26/h5-13H,2-4,15H2,1H3,(H,24,27)(H,25,26)/b18-13+. The number of rotatable bonds is 9. The number of amides is 1. The van der Waals surface area contributed by atoms with E-state index in [0.717, 1.165) is 19.3 Å². The minimum absolute atomic E-state index is 0.0331. The van der Waals surface area contributed by atoms with Gasteiger partial charge < -0.3 is 15.2 Å². The zero-order valence-corrected chi connectivity index (χ0v) is 15.6. The third kappa shape index (κ3) is 6.61. The number of carbonyl (C=O) groups is 2. The molecule has 6 nitrogen and oxygen atoms in total. The van der Waals surface area contributed by atoms with Gasteiger partial charge in [0.25, 0.3) is 5.91 Å². The smallest absolute Gasteiger partial charge is 0.341 e. The van der Waals surface area contributed by atoms with Crippen molar-refractivity contribution in [2.24, 2.45) is 0 Å². The molecule has 0 aliphatic rings. The summed E-state index contributed by atoms with van der Waals surface area (Å²) in [6, 6.07) is 15.9. The van der Waals surface area contributed by atoms with Crippen LogP contribution in [0.25, 0.3) is 6.08 Å². The monoisotopic (exact) mass is 378 g/mol. The SMILES string of the molecule is CCCCc1ccc(NC(=O)/C(C#N)=C/c2ccc(OCC(=O)O)cc2)cc1. The highest BCUT2D eigenvalue weighted by atomic mass is 16.5. The molecule has 2 N–H and O–H groups in total. The third-order valence-electron chi connectivity index (χ3n) is 3.95. The molecular formula is C22H22N2O4. The van der Waals surface area contributed by atoms with Crippen LogP contribution in [0.2, 0.25) is 0 Å². The number of nitriles is 1. The van der Waals surface area contributed by atoms with E-state index < -0.39 is 18.5 Å². The maximum atomic E-state index is 12.4. The number of aryl methyl sites for hydroxylation is 1. The quantitative estimate of drug-likeness (QED) is 0.507. The van der Waals surface area contributed by atoms with Crippen LogP contribution in [0.15, 0.2) is 54.1 Å². The van der Waals surface area contributed by atoms with Gasteiger partial charge in [0.2, 0.25) is 0 Å². The number of hydrogen-bond acceptors (Lipinski definition) is 4. The van der Waals surface area contributed by atoms with Crippen molar-refractivity contribution in [3.05, 3.63) is 65.2 Å². The molecule has 0 bridgehead atoms. The van der Waals surface area contributed by atoms with Crippen molar-refractivity contribution >= 4 is 23.6 Å². The van der Waals surface area contributed by atoms with Crippen molar-refractivity contribution in [1.29, 1.82) is 5.26 Å². The first-order valence-electron chi connectivity index (χ1n) is 8.98. The number of hydrogen-bond donors (Lipinski definition) is 2. The molecule has 0 aliphatic carbocycles. The predicted molar refractivity (Wildman–Crippen MR) is 107 cm³/mol. The van der Waals surface area contributed by atoms with Crippen molar-refractivity contribution in [1.82, 2.24) is 0 Å². The number of nitrogens with zero attached hydrogens (tertiary/aromatic N) is 1. The Balaban J connectivity index is 2.02. The summed E-state index contributed by atoms with van der Waals surface area (Å²) >= 11 is 0. The number of nitrogens with one attached hydrogen (secondary N) is 1. The molecule has 0 saturated heterocycles. The summed E-state index contributed by atoms with van der Waals surface area (Å²) in [7, 11) is 0. The van der Waals surface area contributed by atoms with Gasteiger partial charge in [0.05, 0.1) is 0 Å². The van der Waals surface area contributed by atoms with E-state index in [1.165, 1.54) is 11.6 Å². The average molecular weight is 378 g/mol. The van der Waals surface area contributed by atoms with E-state index in [2.05, 4.69) is 12.2 Å². The van der Waals surface area contributed by atoms with Gasteiger partial charge in [-0.15, -0.1) is 0 Å². The van der Waals surface area contributed by atoms with E-state index >= 15 is 0 Å². The van der Waals surface area contributed by atoms with Crippen LogP contribution in [0, 0.1) is 11.3 Å². The first-order chi connectivity index (χ1) is 13.5. The van der Waals surface area contributed by atoms with Crippen LogP contribution in [-0.2, 0) is 16.0 Å². The first kappa shape index (κ1) is 20.7. The predicted octanol–water partition coefficient (Wildman–Crippen LogP) is 4.04. The van der Waals surface area contributed by atoms with Crippen LogP contribution in [-0.4, -0.2) is 23.6 Å². The summed E-state index contributed by atoms with van der Waals surface area (Å²) in [5.74, 6) is -1.16. The zero-order valence-electron chi connectivity index (χ0n) is 15.6. The molecule has 0 aromatic heterocycles. The number of carbonyl (C=O) groups excluding carboxylic acids is 1. The second kappa shape index (κ2) is 10.5. The fourth-order valence-corrected chi connectivity index (χ4v) is 2.45. The zero-order chi connectivity index (χ0) is 20.4. The number of aliphatic carboxylic acids is 1.